The van der Waals surface area contributed by atoms with Gasteiger partial charge in [0.15, 0.2) is 0 Å². The van der Waals surface area contributed by atoms with E-state index >= 15 is 0 Å². The molecule has 0 amide bonds. The Morgan fingerprint density at radius 3 is 2.94 bits per heavy atom. The van der Waals surface area contributed by atoms with Gasteiger partial charge in [0.1, 0.15) is 0 Å². The summed E-state index contributed by atoms with van der Waals surface area (Å²) in [4.78, 5) is 25.6. The number of rotatable bonds is 2. The van der Waals surface area contributed by atoms with Gasteiger partial charge in [-0.25, -0.2) is 4.79 Å². The van der Waals surface area contributed by atoms with Crippen LogP contribution in [0.25, 0.3) is 0 Å². The third-order valence-electron chi connectivity index (χ3n) is 3.11. The average molecular weight is 223 g/mol. The van der Waals surface area contributed by atoms with Gasteiger partial charge in [0.25, 0.3) is 5.56 Å². The second-order valence-corrected chi connectivity index (χ2v) is 4.41. The second-order valence-electron chi connectivity index (χ2n) is 4.41. The number of hydrogen-bond donors (Lipinski definition) is 2. The monoisotopic (exact) mass is 223 g/mol. The van der Waals surface area contributed by atoms with E-state index in [1.165, 1.54) is 19.5 Å². The van der Waals surface area contributed by atoms with Crippen molar-refractivity contribution in [2.24, 2.45) is 13.0 Å². The van der Waals surface area contributed by atoms with Crippen molar-refractivity contribution in [3.63, 3.8) is 0 Å². The summed E-state index contributed by atoms with van der Waals surface area (Å²) in [6.45, 7) is 2.04. The second kappa shape index (κ2) is 4.65. The minimum Gasteiger partial charge on any atom is -0.316 e. The maximum absolute atomic E-state index is 11.4. The van der Waals surface area contributed by atoms with Gasteiger partial charge in [-0.15, -0.1) is 0 Å². The van der Waals surface area contributed by atoms with Crippen LogP contribution >= 0.6 is 0 Å². The molecule has 1 unspecified atom stereocenters. The lowest BCUT2D eigenvalue weighted by Crippen LogP contribution is -2.35. The van der Waals surface area contributed by atoms with Crippen molar-refractivity contribution in [2.75, 3.05) is 13.1 Å². The van der Waals surface area contributed by atoms with Gasteiger partial charge in [-0.05, 0) is 38.3 Å². The average Bonchev–Trinajstić information content (AvgIpc) is 2.27. The zero-order chi connectivity index (χ0) is 11.5. The molecule has 2 rings (SSSR count). The molecule has 2 heterocycles. The Hall–Kier alpha value is -1.36. The maximum atomic E-state index is 11.4. The van der Waals surface area contributed by atoms with Gasteiger partial charge in [0, 0.05) is 18.8 Å². The van der Waals surface area contributed by atoms with Crippen LogP contribution in [-0.2, 0) is 13.5 Å². The molecular formula is C11H17N3O2. The third-order valence-corrected chi connectivity index (χ3v) is 3.11. The highest BCUT2D eigenvalue weighted by atomic mass is 16.2. The topological polar surface area (TPSA) is 66.9 Å². The van der Waals surface area contributed by atoms with Crippen LogP contribution in [0.5, 0.6) is 0 Å². The Bertz CT molecular complexity index is 438. The minimum atomic E-state index is -0.328. The van der Waals surface area contributed by atoms with Crippen LogP contribution in [-0.4, -0.2) is 22.6 Å². The van der Waals surface area contributed by atoms with Crippen LogP contribution in [0.3, 0.4) is 0 Å². The van der Waals surface area contributed by atoms with Gasteiger partial charge >= 0.3 is 5.69 Å². The lowest BCUT2D eigenvalue weighted by Gasteiger charge is -2.22. The Kier molecular flexibility index (Phi) is 3.24. The predicted octanol–water partition coefficient (Wildman–Crippen LogP) is -0.384. The fraction of sp³-hybridized carbons (Fsp3) is 0.636. The Labute approximate surface area is 93.5 Å². The van der Waals surface area contributed by atoms with Crippen molar-refractivity contribution in [1.82, 2.24) is 14.9 Å². The van der Waals surface area contributed by atoms with Crippen LogP contribution in [0.2, 0.25) is 0 Å². The van der Waals surface area contributed by atoms with E-state index in [0.29, 0.717) is 5.92 Å². The summed E-state index contributed by atoms with van der Waals surface area (Å²) < 4.78 is 1.09. The van der Waals surface area contributed by atoms with Crippen LogP contribution in [0.4, 0.5) is 0 Å². The number of nitrogens with one attached hydrogen (secondary N) is 2. The molecule has 1 aromatic heterocycles. The lowest BCUT2D eigenvalue weighted by molar-refractivity contribution is 0.372. The summed E-state index contributed by atoms with van der Waals surface area (Å²) in [5.74, 6) is 0.525. The first-order valence-corrected chi connectivity index (χ1v) is 5.67. The van der Waals surface area contributed by atoms with Crippen LogP contribution in [0.15, 0.2) is 15.7 Å². The molecule has 1 atom stereocenters. The maximum Gasteiger partial charge on any atom is 0.328 e. The zero-order valence-electron chi connectivity index (χ0n) is 9.45. The summed E-state index contributed by atoms with van der Waals surface area (Å²) >= 11 is 0. The van der Waals surface area contributed by atoms with Crippen molar-refractivity contribution < 1.29 is 0 Å². The number of aromatic nitrogens is 2. The Morgan fingerprint density at radius 2 is 2.31 bits per heavy atom. The first-order valence-electron chi connectivity index (χ1n) is 5.67. The molecule has 88 valence electrons. The van der Waals surface area contributed by atoms with Crippen LogP contribution in [0, 0.1) is 5.92 Å². The molecule has 0 bridgehead atoms. The van der Waals surface area contributed by atoms with Crippen molar-refractivity contribution in [1.29, 1.82) is 0 Å². The first-order chi connectivity index (χ1) is 7.66. The molecule has 0 radical (unpaired) electrons. The van der Waals surface area contributed by atoms with Gasteiger partial charge in [0.05, 0.1) is 0 Å². The summed E-state index contributed by atoms with van der Waals surface area (Å²) in [6.07, 6.45) is 3.10. The standard InChI is InChI=1S/C11H17N3O2/c1-14-10(15)6-9(13-11(14)16)5-8-3-2-4-12-7-8/h6,8,12H,2-5,7H2,1H3,(H,13,16). The molecule has 0 aliphatic carbocycles. The quantitative estimate of drug-likeness (QED) is 0.718. The number of H-pyrrole nitrogens is 1. The highest BCUT2D eigenvalue weighted by Gasteiger charge is 2.14. The fourth-order valence-electron chi connectivity index (χ4n) is 2.12. The third kappa shape index (κ3) is 2.41. The lowest BCUT2D eigenvalue weighted by atomic mass is 9.95. The zero-order valence-corrected chi connectivity index (χ0v) is 9.45. The Balaban J connectivity index is 2.15. The van der Waals surface area contributed by atoms with E-state index in [1.807, 2.05) is 0 Å². The molecule has 16 heavy (non-hydrogen) atoms. The molecule has 1 aromatic rings. The summed E-state index contributed by atoms with van der Waals surface area (Å²) in [5, 5.41) is 3.32. The largest absolute Gasteiger partial charge is 0.328 e. The van der Waals surface area contributed by atoms with Gasteiger partial charge in [-0.3, -0.25) is 9.36 Å². The van der Waals surface area contributed by atoms with Gasteiger partial charge < -0.3 is 10.3 Å². The van der Waals surface area contributed by atoms with E-state index in [2.05, 4.69) is 10.3 Å². The normalized spacial score (nSPS) is 20.9. The van der Waals surface area contributed by atoms with E-state index in [-0.39, 0.29) is 11.2 Å². The van der Waals surface area contributed by atoms with E-state index in [1.54, 1.807) is 0 Å². The molecule has 0 aromatic carbocycles. The summed E-state index contributed by atoms with van der Waals surface area (Å²) in [6, 6.07) is 1.52. The number of aromatic amines is 1. The smallest absolute Gasteiger partial charge is 0.316 e. The molecule has 5 nitrogen and oxygen atoms in total. The van der Waals surface area contributed by atoms with Crippen LogP contribution in [0.1, 0.15) is 18.5 Å². The molecule has 2 N–H and O–H groups in total. The SMILES string of the molecule is Cn1c(=O)cc(CC2CCCNC2)[nH]c1=O. The predicted molar refractivity (Wildman–Crippen MR) is 61.6 cm³/mol. The number of piperidine rings is 1. The molecule has 1 aliphatic heterocycles. The van der Waals surface area contributed by atoms with Gasteiger partial charge in [0.2, 0.25) is 0 Å². The van der Waals surface area contributed by atoms with E-state index in [0.717, 1.165) is 36.2 Å². The number of nitrogens with zero attached hydrogens (tertiary/aromatic N) is 1. The Morgan fingerprint density at radius 1 is 1.50 bits per heavy atom. The minimum absolute atomic E-state index is 0.234. The summed E-state index contributed by atoms with van der Waals surface area (Å²) in [7, 11) is 1.48. The van der Waals surface area contributed by atoms with E-state index in [9.17, 15) is 9.59 Å². The highest BCUT2D eigenvalue weighted by Crippen LogP contribution is 2.13. The molecule has 1 fully saturated rings. The molecule has 0 spiro atoms. The van der Waals surface area contributed by atoms with Crippen molar-refractivity contribution in [2.45, 2.75) is 19.3 Å². The summed E-state index contributed by atoms with van der Waals surface area (Å²) in [5.41, 5.74) is 0.190. The molecule has 1 saturated heterocycles. The molecule has 5 heteroatoms. The first kappa shape index (κ1) is 11.1. The van der Waals surface area contributed by atoms with E-state index in [4.69, 9.17) is 0 Å². The fourth-order valence-corrected chi connectivity index (χ4v) is 2.12. The van der Waals surface area contributed by atoms with Crippen molar-refractivity contribution in [3.05, 3.63) is 32.6 Å². The van der Waals surface area contributed by atoms with Gasteiger partial charge in [-0.2, -0.15) is 0 Å². The molecule has 0 saturated carbocycles. The van der Waals surface area contributed by atoms with Gasteiger partial charge in [-0.1, -0.05) is 0 Å². The molecule has 1 aliphatic rings. The molecular weight excluding hydrogens is 206 g/mol. The number of hydrogen-bond acceptors (Lipinski definition) is 3. The van der Waals surface area contributed by atoms with Crippen molar-refractivity contribution >= 4 is 0 Å². The van der Waals surface area contributed by atoms with E-state index < -0.39 is 0 Å². The van der Waals surface area contributed by atoms with Crippen molar-refractivity contribution in [3.8, 4) is 0 Å². The van der Waals surface area contributed by atoms with Crippen LogP contribution < -0.4 is 16.6 Å². The highest BCUT2D eigenvalue weighted by molar-refractivity contribution is 5.01.